The summed E-state index contributed by atoms with van der Waals surface area (Å²) in [6.45, 7) is 1.55. The van der Waals surface area contributed by atoms with Crippen LogP contribution in [0.2, 0.25) is 0 Å². The van der Waals surface area contributed by atoms with Crippen LogP contribution in [0.15, 0.2) is 91.0 Å². The second kappa shape index (κ2) is 9.28. The molecule has 0 aliphatic carbocycles. The average Bonchev–Trinajstić information content (AvgIpc) is 2.69. The molecule has 0 aromatic heterocycles. The summed E-state index contributed by atoms with van der Waals surface area (Å²) in [7, 11) is 0. The predicted octanol–water partition coefficient (Wildman–Crippen LogP) is 4.91. The van der Waals surface area contributed by atoms with E-state index < -0.39 is 6.16 Å². The van der Waals surface area contributed by atoms with Crippen LogP contribution in [0.5, 0.6) is 5.75 Å². The summed E-state index contributed by atoms with van der Waals surface area (Å²) in [4.78, 5) is 14.0. The lowest BCUT2D eigenvalue weighted by Gasteiger charge is -2.24. The molecule has 0 heterocycles. The largest absolute Gasteiger partial charge is 0.513 e. The number of para-hydroxylation sites is 2. The molecule has 0 bridgehead atoms. The van der Waals surface area contributed by atoms with Gasteiger partial charge in [-0.25, -0.2) is 4.79 Å². The molecule has 3 aromatic rings. The van der Waals surface area contributed by atoms with Crippen LogP contribution in [0.3, 0.4) is 0 Å². The summed E-state index contributed by atoms with van der Waals surface area (Å²) in [6.07, 6.45) is -0.691. The molecule has 26 heavy (non-hydrogen) atoms. The lowest BCUT2D eigenvalue weighted by Crippen LogP contribution is -2.28. The fourth-order valence-electron chi connectivity index (χ4n) is 2.60. The van der Waals surface area contributed by atoms with E-state index in [-0.39, 0.29) is 6.61 Å². The van der Waals surface area contributed by atoms with Crippen molar-refractivity contribution in [2.75, 3.05) is 18.1 Å². The Kier molecular flexibility index (Phi) is 6.26. The molecule has 132 valence electrons. The number of ether oxygens (including phenoxy) is 2. The molecule has 0 saturated heterocycles. The maximum Gasteiger partial charge on any atom is 0.513 e. The maximum atomic E-state index is 11.8. The third kappa shape index (κ3) is 5.38. The van der Waals surface area contributed by atoms with Crippen LogP contribution in [0.4, 0.5) is 10.5 Å². The molecule has 3 aromatic carbocycles. The first-order valence-electron chi connectivity index (χ1n) is 8.55. The van der Waals surface area contributed by atoms with Gasteiger partial charge >= 0.3 is 6.16 Å². The third-order valence-corrected chi connectivity index (χ3v) is 3.86. The Hall–Kier alpha value is -3.27. The minimum atomic E-state index is -0.691. The van der Waals surface area contributed by atoms with E-state index in [9.17, 15) is 4.79 Å². The van der Waals surface area contributed by atoms with Crippen LogP contribution in [-0.4, -0.2) is 19.3 Å². The number of hydrogen-bond acceptors (Lipinski definition) is 4. The Labute approximate surface area is 153 Å². The minimum absolute atomic E-state index is 0.243. The summed E-state index contributed by atoms with van der Waals surface area (Å²) >= 11 is 0. The molecule has 3 rings (SSSR count). The lowest BCUT2D eigenvalue weighted by atomic mass is 10.2. The van der Waals surface area contributed by atoms with Gasteiger partial charge in [0.25, 0.3) is 0 Å². The van der Waals surface area contributed by atoms with Crippen molar-refractivity contribution in [1.29, 1.82) is 0 Å². The monoisotopic (exact) mass is 347 g/mol. The Morgan fingerprint density at radius 3 is 2.00 bits per heavy atom. The summed E-state index contributed by atoms with van der Waals surface area (Å²) < 4.78 is 10.4. The summed E-state index contributed by atoms with van der Waals surface area (Å²) in [6, 6.07) is 29.2. The van der Waals surface area contributed by atoms with Gasteiger partial charge in [-0.1, -0.05) is 66.7 Å². The predicted molar refractivity (Wildman–Crippen MR) is 102 cm³/mol. The number of nitrogens with zero attached hydrogens (tertiary/aromatic N) is 1. The van der Waals surface area contributed by atoms with Crippen LogP contribution in [0.25, 0.3) is 0 Å². The van der Waals surface area contributed by atoms with Crippen LogP contribution in [0.1, 0.15) is 5.56 Å². The van der Waals surface area contributed by atoms with Gasteiger partial charge in [-0.15, -0.1) is 0 Å². The smallest absolute Gasteiger partial charge is 0.432 e. The fourth-order valence-corrected chi connectivity index (χ4v) is 2.60. The van der Waals surface area contributed by atoms with Crippen molar-refractivity contribution in [3.63, 3.8) is 0 Å². The summed E-state index contributed by atoms with van der Waals surface area (Å²) in [5.74, 6) is 0.474. The van der Waals surface area contributed by atoms with E-state index in [4.69, 9.17) is 9.47 Å². The summed E-state index contributed by atoms with van der Waals surface area (Å²) in [5.41, 5.74) is 2.28. The van der Waals surface area contributed by atoms with Gasteiger partial charge in [0.05, 0.1) is 6.54 Å². The van der Waals surface area contributed by atoms with Crippen molar-refractivity contribution in [1.82, 2.24) is 0 Å². The third-order valence-electron chi connectivity index (χ3n) is 3.86. The van der Waals surface area contributed by atoms with Gasteiger partial charge in [0.1, 0.15) is 12.4 Å². The van der Waals surface area contributed by atoms with Gasteiger partial charge < -0.3 is 14.4 Å². The number of carbonyl (C=O) groups is 1. The normalized spacial score (nSPS) is 10.2. The first kappa shape index (κ1) is 17.5. The molecule has 0 N–H and O–H groups in total. The molecule has 0 fully saturated rings. The Balaban J connectivity index is 1.56. The van der Waals surface area contributed by atoms with E-state index in [2.05, 4.69) is 17.0 Å². The van der Waals surface area contributed by atoms with Crippen LogP contribution >= 0.6 is 0 Å². The molecule has 0 spiro atoms. The van der Waals surface area contributed by atoms with E-state index in [0.717, 1.165) is 12.2 Å². The number of carbonyl (C=O) groups excluding carboxylic acids is 1. The lowest BCUT2D eigenvalue weighted by molar-refractivity contribution is 0.101. The van der Waals surface area contributed by atoms with Crippen LogP contribution < -0.4 is 9.64 Å². The molecule has 0 unspecified atom stereocenters. The zero-order valence-electron chi connectivity index (χ0n) is 14.5. The van der Waals surface area contributed by atoms with Crippen molar-refractivity contribution < 1.29 is 14.3 Å². The van der Waals surface area contributed by atoms with Gasteiger partial charge in [-0.05, 0) is 29.8 Å². The molecule has 0 saturated carbocycles. The first-order chi connectivity index (χ1) is 12.8. The van der Waals surface area contributed by atoms with Crippen molar-refractivity contribution in [2.24, 2.45) is 0 Å². The number of rotatable bonds is 7. The molecule has 0 aliphatic rings. The van der Waals surface area contributed by atoms with Crippen molar-refractivity contribution in [2.45, 2.75) is 6.54 Å². The Bertz CT molecular complexity index is 791. The molecule has 0 atom stereocenters. The Morgan fingerprint density at radius 1 is 0.769 bits per heavy atom. The zero-order chi connectivity index (χ0) is 18.0. The first-order valence-corrected chi connectivity index (χ1v) is 8.55. The summed E-state index contributed by atoms with van der Waals surface area (Å²) in [5, 5.41) is 0. The van der Waals surface area contributed by atoms with Crippen molar-refractivity contribution in [3.05, 3.63) is 96.6 Å². The van der Waals surface area contributed by atoms with Crippen molar-refractivity contribution in [3.8, 4) is 5.75 Å². The molecule has 0 radical (unpaired) electrons. The topological polar surface area (TPSA) is 38.8 Å². The van der Waals surface area contributed by atoms with E-state index in [1.807, 2.05) is 54.6 Å². The van der Waals surface area contributed by atoms with Crippen LogP contribution in [0, 0.1) is 0 Å². The maximum absolute atomic E-state index is 11.8. The second-order valence-corrected chi connectivity index (χ2v) is 5.76. The van der Waals surface area contributed by atoms with Gasteiger partial charge in [0.15, 0.2) is 0 Å². The second-order valence-electron chi connectivity index (χ2n) is 5.76. The zero-order valence-corrected chi connectivity index (χ0v) is 14.5. The van der Waals surface area contributed by atoms with E-state index in [0.29, 0.717) is 12.3 Å². The highest BCUT2D eigenvalue weighted by Crippen LogP contribution is 2.16. The SMILES string of the molecule is O=C(OCCN(Cc1ccccc1)c1ccccc1)Oc1ccccc1. The number of hydrogen-bond donors (Lipinski definition) is 0. The minimum Gasteiger partial charge on any atom is -0.432 e. The standard InChI is InChI=1S/C22H21NO3/c24-22(26-21-14-8-3-9-15-21)25-17-16-23(20-12-6-2-7-13-20)18-19-10-4-1-5-11-19/h1-15H,16-18H2. The highest BCUT2D eigenvalue weighted by molar-refractivity contribution is 5.63. The molecule has 4 nitrogen and oxygen atoms in total. The number of benzene rings is 3. The highest BCUT2D eigenvalue weighted by Gasteiger charge is 2.10. The van der Waals surface area contributed by atoms with E-state index in [1.165, 1.54) is 5.56 Å². The molecule has 0 amide bonds. The fraction of sp³-hybridized carbons (Fsp3) is 0.136. The average molecular weight is 347 g/mol. The highest BCUT2D eigenvalue weighted by atomic mass is 16.7. The van der Waals surface area contributed by atoms with E-state index in [1.54, 1.807) is 24.3 Å². The molecular weight excluding hydrogens is 326 g/mol. The number of anilines is 1. The van der Waals surface area contributed by atoms with Gasteiger partial charge in [0, 0.05) is 12.2 Å². The van der Waals surface area contributed by atoms with Crippen LogP contribution in [-0.2, 0) is 11.3 Å². The van der Waals surface area contributed by atoms with Gasteiger partial charge in [0.2, 0.25) is 0 Å². The van der Waals surface area contributed by atoms with E-state index >= 15 is 0 Å². The van der Waals surface area contributed by atoms with Gasteiger partial charge in [-0.3, -0.25) is 0 Å². The Morgan fingerprint density at radius 2 is 1.35 bits per heavy atom. The van der Waals surface area contributed by atoms with Gasteiger partial charge in [-0.2, -0.15) is 0 Å². The molecule has 0 aliphatic heterocycles. The van der Waals surface area contributed by atoms with Crippen molar-refractivity contribution >= 4 is 11.8 Å². The molecular formula is C22H21NO3. The quantitative estimate of drug-likeness (QED) is 0.450. The molecule has 4 heteroatoms.